The van der Waals surface area contributed by atoms with Gasteiger partial charge < -0.3 is 14.5 Å². The average Bonchev–Trinajstić information content (AvgIpc) is 3.48. The first-order chi connectivity index (χ1) is 16.9. The topological polar surface area (TPSA) is 108 Å². The summed E-state index contributed by atoms with van der Waals surface area (Å²) < 4.78 is 27.3. The number of carbonyl (C=O) groups excluding carboxylic acids is 1. The molecule has 1 aliphatic rings. The molecule has 1 saturated heterocycles. The van der Waals surface area contributed by atoms with Gasteiger partial charge in [0.15, 0.2) is 0 Å². The van der Waals surface area contributed by atoms with E-state index in [9.17, 15) is 18.8 Å². The van der Waals surface area contributed by atoms with Crippen LogP contribution in [0.1, 0.15) is 30.0 Å². The van der Waals surface area contributed by atoms with Crippen LogP contribution in [0.2, 0.25) is 0 Å². The summed E-state index contributed by atoms with van der Waals surface area (Å²) >= 11 is 1.23. The molecule has 1 unspecified atom stereocenters. The van der Waals surface area contributed by atoms with Gasteiger partial charge in [-0.25, -0.2) is 18.7 Å². The van der Waals surface area contributed by atoms with Crippen LogP contribution in [0, 0.1) is 12.7 Å². The van der Waals surface area contributed by atoms with Gasteiger partial charge in [0.2, 0.25) is 11.8 Å². The van der Waals surface area contributed by atoms with Crippen LogP contribution in [0.5, 0.6) is 5.75 Å². The summed E-state index contributed by atoms with van der Waals surface area (Å²) in [6.45, 7) is 2.43. The number of halogens is 1. The number of hydrogen-bond acceptors (Lipinski definition) is 7. The molecule has 0 bridgehead atoms. The fourth-order valence-electron chi connectivity index (χ4n) is 4.55. The van der Waals surface area contributed by atoms with E-state index in [-0.39, 0.29) is 18.9 Å². The minimum Gasteiger partial charge on any atom is -0.496 e. The number of amides is 1. The van der Waals surface area contributed by atoms with E-state index in [2.05, 4.69) is 10.3 Å². The van der Waals surface area contributed by atoms with Crippen molar-refractivity contribution in [2.75, 3.05) is 13.7 Å². The molecule has 3 aromatic heterocycles. The quantitative estimate of drug-likeness (QED) is 0.438. The number of carbonyl (C=O) groups is 1. The summed E-state index contributed by atoms with van der Waals surface area (Å²) in [6.07, 6.45) is 4.27. The molecule has 11 heteroatoms. The van der Waals surface area contributed by atoms with E-state index in [1.165, 1.54) is 53.7 Å². The Bertz CT molecular complexity index is 1540. The lowest BCUT2D eigenvalue weighted by atomic mass is 10.1. The van der Waals surface area contributed by atoms with Gasteiger partial charge in [-0.1, -0.05) is 0 Å². The number of nitrogens with zero attached hydrogens (tertiary/aromatic N) is 3. The zero-order valence-corrected chi connectivity index (χ0v) is 20.0. The van der Waals surface area contributed by atoms with Crippen molar-refractivity contribution in [2.45, 2.75) is 38.8 Å². The SMILES string of the molecule is COc1ccc(F)cc1CCn1c(=O)n(C2CCCNC2=O)c(=O)c2c(C)c(-c3ncco3)sc21. The maximum absolute atomic E-state index is 13.9. The lowest BCUT2D eigenvalue weighted by Crippen LogP contribution is -2.49. The second-order valence-corrected chi connectivity index (χ2v) is 9.34. The standard InChI is InChI=1S/C24H23FN4O5S/c1-13-18-22(31)29(16-4-3-8-26-20(16)30)24(32)28(23(18)35-19(13)21-27-9-11-34-21)10-7-14-12-15(25)5-6-17(14)33-2/h5-6,9,11-12,16H,3-4,7-8,10H2,1-2H3,(H,26,30). The molecule has 1 N–H and O–H groups in total. The number of nitrogens with one attached hydrogen (secondary N) is 1. The van der Waals surface area contributed by atoms with Crippen LogP contribution in [-0.2, 0) is 17.8 Å². The summed E-state index contributed by atoms with van der Waals surface area (Å²) in [5, 5.41) is 3.09. The number of ether oxygens (including phenoxy) is 1. The van der Waals surface area contributed by atoms with E-state index in [0.717, 1.165) is 4.57 Å². The predicted octanol–water partition coefficient (Wildman–Crippen LogP) is 3.03. The summed E-state index contributed by atoms with van der Waals surface area (Å²) in [7, 11) is 1.49. The minimum absolute atomic E-state index is 0.148. The number of methoxy groups -OCH3 is 1. The Kier molecular flexibility index (Phi) is 6.01. The van der Waals surface area contributed by atoms with Gasteiger partial charge in [0.1, 0.15) is 28.7 Å². The number of thiophene rings is 1. The number of aryl methyl sites for hydroxylation is 3. The van der Waals surface area contributed by atoms with Crippen molar-refractivity contribution in [1.29, 1.82) is 0 Å². The van der Waals surface area contributed by atoms with Crippen LogP contribution in [0.4, 0.5) is 4.39 Å². The van der Waals surface area contributed by atoms with E-state index in [1.54, 1.807) is 6.92 Å². The van der Waals surface area contributed by atoms with Crippen LogP contribution in [0.25, 0.3) is 21.0 Å². The number of piperidine rings is 1. The third-order valence-corrected chi connectivity index (χ3v) is 7.59. The van der Waals surface area contributed by atoms with Crippen molar-refractivity contribution in [1.82, 2.24) is 19.4 Å². The van der Waals surface area contributed by atoms with Crippen molar-refractivity contribution in [3.05, 3.63) is 68.4 Å². The third-order valence-electron chi connectivity index (χ3n) is 6.28. The largest absolute Gasteiger partial charge is 0.496 e. The second-order valence-electron chi connectivity index (χ2n) is 8.34. The maximum atomic E-state index is 13.9. The number of oxazole rings is 1. The smallest absolute Gasteiger partial charge is 0.332 e. The Morgan fingerprint density at radius 2 is 2.14 bits per heavy atom. The second kappa shape index (κ2) is 9.14. The van der Waals surface area contributed by atoms with E-state index >= 15 is 0 Å². The number of fused-ring (bicyclic) bond motifs is 1. The Morgan fingerprint density at radius 3 is 2.86 bits per heavy atom. The highest BCUT2D eigenvalue weighted by atomic mass is 32.1. The zero-order valence-electron chi connectivity index (χ0n) is 19.2. The highest BCUT2D eigenvalue weighted by molar-refractivity contribution is 7.22. The molecule has 35 heavy (non-hydrogen) atoms. The summed E-state index contributed by atoms with van der Waals surface area (Å²) in [6, 6.07) is 3.31. The molecular weight excluding hydrogens is 475 g/mol. The van der Waals surface area contributed by atoms with Crippen LogP contribution >= 0.6 is 11.3 Å². The van der Waals surface area contributed by atoms with E-state index in [4.69, 9.17) is 9.15 Å². The first-order valence-corrected chi connectivity index (χ1v) is 12.0. The third kappa shape index (κ3) is 3.95. The molecule has 4 heterocycles. The summed E-state index contributed by atoms with van der Waals surface area (Å²) in [5.74, 6) is 0.0728. The van der Waals surface area contributed by atoms with Crippen LogP contribution in [0.3, 0.4) is 0 Å². The van der Waals surface area contributed by atoms with Gasteiger partial charge in [0, 0.05) is 13.1 Å². The molecule has 0 spiro atoms. The maximum Gasteiger partial charge on any atom is 0.332 e. The Morgan fingerprint density at radius 1 is 1.31 bits per heavy atom. The van der Waals surface area contributed by atoms with E-state index in [0.29, 0.717) is 57.2 Å². The van der Waals surface area contributed by atoms with Crippen molar-refractivity contribution in [2.24, 2.45) is 0 Å². The van der Waals surface area contributed by atoms with Gasteiger partial charge in [-0.2, -0.15) is 0 Å². The minimum atomic E-state index is -0.896. The molecule has 1 aromatic carbocycles. The number of rotatable bonds is 6. The summed E-state index contributed by atoms with van der Waals surface area (Å²) in [5.41, 5.74) is 0.111. The van der Waals surface area contributed by atoms with Gasteiger partial charge in [0.05, 0.1) is 23.6 Å². The molecule has 9 nitrogen and oxygen atoms in total. The van der Waals surface area contributed by atoms with E-state index < -0.39 is 23.1 Å². The molecule has 4 aromatic rings. The average molecular weight is 499 g/mol. The fraction of sp³-hybridized carbons (Fsp3) is 0.333. The van der Waals surface area contributed by atoms with Crippen LogP contribution < -0.4 is 21.3 Å². The normalized spacial score (nSPS) is 16.0. The molecule has 182 valence electrons. The Labute approximate surface area is 202 Å². The molecule has 1 fully saturated rings. The van der Waals surface area contributed by atoms with Crippen molar-refractivity contribution >= 4 is 27.5 Å². The van der Waals surface area contributed by atoms with Gasteiger partial charge in [-0.3, -0.25) is 14.2 Å². The van der Waals surface area contributed by atoms with Gasteiger partial charge >= 0.3 is 5.69 Å². The number of aromatic nitrogens is 3. The number of hydrogen-bond donors (Lipinski definition) is 1. The van der Waals surface area contributed by atoms with E-state index in [1.807, 2.05) is 0 Å². The number of benzene rings is 1. The first kappa shape index (κ1) is 23.0. The lowest BCUT2D eigenvalue weighted by Gasteiger charge is -2.24. The van der Waals surface area contributed by atoms with Gasteiger partial charge in [-0.05, 0) is 55.5 Å². The Balaban J connectivity index is 1.71. The molecule has 0 aliphatic carbocycles. The molecule has 0 saturated carbocycles. The van der Waals surface area contributed by atoms with Crippen molar-refractivity contribution < 1.29 is 18.3 Å². The Hall–Kier alpha value is -3.73. The van der Waals surface area contributed by atoms with Crippen LogP contribution in [0.15, 0.2) is 44.7 Å². The molecular formula is C24H23FN4O5S. The highest BCUT2D eigenvalue weighted by Gasteiger charge is 2.30. The molecule has 1 atom stereocenters. The monoisotopic (exact) mass is 498 g/mol. The molecule has 0 radical (unpaired) electrons. The first-order valence-electron chi connectivity index (χ1n) is 11.2. The fourth-order valence-corrected chi connectivity index (χ4v) is 5.81. The molecule has 1 aliphatic heterocycles. The van der Waals surface area contributed by atoms with Crippen LogP contribution in [-0.4, -0.2) is 33.7 Å². The molecule has 1 amide bonds. The lowest BCUT2D eigenvalue weighted by molar-refractivity contribution is -0.126. The molecule has 5 rings (SSSR count). The zero-order chi connectivity index (χ0) is 24.7. The van der Waals surface area contributed by atoms with Gasteiger partial charge in [0.25, 0.3) is 5.56 Å². The van der Waals surface area contributed by atoms with Crippen molar-refractivity contribution in [3.63, 3.8) is 0 Å². The predicted molar refractivity (Wildman–Crippen MR) is 129 cm³/mol. The summed E-state index contributed by atoms with van der Waals surface area (Å²) in [4.78, 5) is 45.2. The van der Waals surface area contributed by atoms with Crippen molar-refractivity contribution in [3.8, 4) is 16.5 Å². The highest BCUT2D eigenvalue weighted by Crippen LogP contribution is 2.36. The van der Waals surface area contributed by atoms with Gasteiger partial charge in [-0.15, -0.1) is 11.3 Å².